The van der Waals surface area contributed by atoms with Gasteiger partial charge in [0.15, 0.2) is 0 Å². The standard InChI is InChI=1S/C14H18Br2N2OS/c1-17-5-2-3-9-8-18(6-4-11(9)17)14(19)12-7-10(15)13(16)20-12/h7,9,11H,2-6,8H2,1H3. The van der Waals surface area contributed by atoms with Crippen molar-refractivity contribution in [1.29, 1.82) is 0 Å². The van der Waals surface area contributed by atoms with Crippen LogP contribution in [0.5, 0.6) is 0 Å². The summed E-state index contributed by atoms with van der Waals surface area (Å²) in [4.78, 5) is 18.0. The molecule has 2 atom stereocenters. The third kappa shape index (κ3) is 2.85. The Labute approximate surface area is 140 Å². The van der Waals surface area contributed by atoms with E-state index in [-0.39, 0.29) is 5.91 Å². The first-order chi connectivity index (χ1) is 9.56. The van der Waals surface area contributed by atoms with E-state index in [2.05, 4.69) is 43.8 Å². The predicted molar refractivity (Wildman–Crippen MR) is 89.4 cm³/mol. The Morgan fingerprint density at radius 3 is 2.85 bits per heavy atom. The lowest BCUT2D eigenvalue weighted by atomic mass is 9.84. The number of halogens is 2. The van der Waals surface area contributed by atoms with Crippen LogP contribution in [-0.4, -0.2) is 48.4 Å². The van der Waals surface area contributed by atoms with Crippen molar-refractivity contribution in [2.45, 2.75) is 25.3 Å². The number of rotatable bonds is 1. The van der Waals surface area contributed by atoms with E-state index >= 15 is 0 Å². The Bertz CT molecular complexity index is 500. The Kier molecular flexibility index (Phi) is 4.55. The summed E-state index contributed by atoms with van der Waals surface area (Å²) in [6, 6.07) is 2.60. The molecule has 0 aromatic carbocycles. The van der Waals surface area contributed by atoms with Crippen LogP contribution < -0.4 is 0 Å². The second-order valence-corrected chi connectivity index (χ2v) is 8.95. The van der Waals surface area contributed by atoms with E-state index in [4.69, 9.17) is 0 Å². The minimum Gasteiger partial charge on any atom is -0.338 e. The molecule has 6 heteroatoms. The topological polar surface area (TPSA) is 23.6 Å². The molecule has 2 saturated heterocycles. The van der Waals surface area contributed by atoms with Gasteiger partial charge >= 0.3 is 0 Å². The van der Waals surface area contributed by atoms with Gasteiger partial charge in [0.2, 0.25) is 0 Å². The van der Waals surface area contributed by atoms with Crippen molar-refractivity contribution in [3.63, 3.8) is 0 Å². The number of piperidine rings is 2. The van der Waals surface area contributed by atoms with Crippen molar-refractivity contribution in [3.8, 4) is 0 Å². The molecule has 3 heterocycles. The highest BCUT2D eigenvalue weighted by Gasteiger charge is 2.36. The molecule has 3 rings (SSSR count). The first-order valence-corrected chi connectivity index (χ1v) is 9.41. The fourth-order valence-electron chi connectivity index (χ4n) is 3.44. The lowest BCUT2D eigenvalue weighted by molar-refractivity contribution is 0.0320. The molecule has 0 aliphatic carbocycles. The van der Waals surface area contributed by atoms with Crippen LogP contribution in [0.2, 0.25) is 0 Å². The number of carbonyl (C=O) groups is 1. The van der Waals surface area contributed by atoms with Gasteiger partial charge in [-0.25, -0.2) is 0 Å². The molecule has 1 amide bonds. The van der Waals surface area contributed by atoms with Crippen LogP contribution in [0.1, 0.15) is 28.9 Å². The summed E-state index contributed by atoms with van der Waals surface area (Å²) in [7, 11) is 2.22. The molecule has 0 saturated carbocycles. The van der Waals surface area contributed by atoms with Crippen molar-refractivity contribution in [1.82, 2.24) is 9.80 Å². The van der Waals surface area contributed by atoms with E-state index in [1.165, 1.54) is 30.7 Å². The SMILES string of the molecule is CN1CCCC2CN(C(=O)c3cc(Br)c(Br)s3)CCC21. The zero-order valence-corrected chi connectivity index (χ0v) is 15.4. The summed E-state index contributed by atoms with van der Waals surface area (Å²) in [6.45, 7) is 3.01. The van der Waals surface area contributed by atoms with Gasteiger partial charge in [-0.1, -0.05) is 0 Å². The second-order valence-electron chi connectivity index (χ2n) is 5.72. The normalized spacial score (nSPS) is 27.4. The highest BCUT2D eigenvalue weighted by Crippen LogP contribution is 2.35. The van der Waals surface area contributed by atoms with E-state index in [0.717, 1.165) is 32.6 Å². The third-order valence-corrected chi connectivity index (χ3v) is 7.73. The summed E-state index contributed by atoms with van der Waals surface area (Å²) >= 11 is 8.44. The molecule has 0 radical (unpaired) electrons. The van der Waals surface area contributed by atoms with E-state index in [1.807, 2.05) is 11.0 Å². The van der Waals surface area contributed by atoms with Gasteiger partial charge in [0.05, 0.1) is 8.66 Å². The van der Waals surface area contributed by atoms with Gasteiger partial charge in [0.1, 0.15) is 0 Å². The van der Waals surface area contributed by atoms with Crippen LogP contribution in [0.15, 0.2) is 14.3 Å². The highest BCUT2D eigenvalue weighted by molar-refractivity contribution is 9.13. The van der Waals surface area contributed by atoms with Crippen LogP contribution in [0.25, 0.3) is 0 Å². The van der Waals surface area contributed by atoms with Crippen LogP contribution >= 0.6 is 43.2 Å². The van der Waals surface area contributed by atoms with Crippen LogP contribution in [0.4, 0.5) is 0 Å². The summed E-state index contributed by atoms with van der Waals surface area (Å²) in [5.41, 5.74) is 0. The van der Waals surface area contributed by atoms with E-state index in [1.54, 1.807) is 0 Å². The molecule has 2 unspecified atom stereocenters. The van der Waals surface area contributed by atoms with Crippen molar-refractivity contribution in [2.75, 3.05) is 26.7 Å². The molecule has 0 spiro atoms. The van der Waals surface area contributed by atoms with Gasteiger partial charge in [-0.2, -0.15) is 0 Å². The number of amides is 1. The molecule has 0 N–H and O–H groups in total. The van der Waals surface area contributed by atoms with Crippen LogP contribution in [-0.2, 0) is 0 Å². The van der Waals surface area contributed by atoms with Gasteiger partial charge in [0.25, 0.3) is 5.91 Å². The average Bonchev–Trinajstić information content (AvgIpc) is 2.78. The Hall–Kier alpha value is 0.0900. The quantitative estimate of drug-likeness (QED) is 0.687. The van der Waals surface area contributed by atoms with Gasteiger partial charge in [-0.3, -0.25) is 4.79 Å². The summed E-state index contributed by atoms with van der Waals surface area (Å²) in [5.74, 6) is 0.839. The maximum atomic E-state index is 12.6. The zero-order chi connectivity index (χ0) is 14.3. The summed E-state index contributed by atoms with van der Waals surface area (Å²) in [5, 5.41) is 0. The zero-order valence-electron chi connectivity index (χ0n) is 11.4. The Morgan fingerprint density at radius 1 is 1.35 bits per heavy atom. The van der Waals surface area contributed by atoms with E-state index in [0.29, 0.717) is 12.0 Å². The molecule has 2 fully saturated rings. The fourth-order valence-corrected chi connectivity index (χ4v) is 5.45. The second kappa shape index (κ2) is 6.07. The molecule has 1 aromatic heterocycles. The molecule has 2 aliphatic heterocycles. The van der Waals surface area contributed by atoms with Crippen molar-refractivity contribution in [2.24, 2.45) is 5.92 Å². The third-order valence-electron chi connectivity index (χ3n) is 4.49. The number of thiophene rings is 1. The number of fused-ring (bicyclic) bond motifs is 1. The van der Waals surface area contributed by atoms with E-state index < -0.39 is 0 Å². The molecule has 3 nitrogen and oxygen atoms in total. The first-order valence-electron chi connectivity index (χ1n) is 7.00. The monoisotopic (exact) mass is 420 g/mol. The summed E-state index contributed by atoms with van der Waals surface area (Å²) in [6.07, 6.45) is 3.63. The molecule has 110 valence electrons. The van der Waals surface area contributed by atoms with Gasteiger partial charge in [-0.05, 0) is 76.7 Å². The average molecular weight is 422 g/mol. The van der Waals surface area contributed by atoms with Crippen LogP contribution in [0.3, 0.4) is 0 Å². The van der Waals surface area contributed by atoms with Gasteiger partial charge in [0, 0.05) is 23.6 Å². The predicted octanol–water partition coefficient (Wildman–Crippen LogP) is 3.83. The first kappa shape index (κ1) is 15.0. The number of carbonyl (C=O) groups excluding carboxylic acids is 1. The minimum absolute atomic E-state index is 0.188. The molecule has 2 aliphatic rings. The van der Waals surface area contributed by atoms with Gasteiger partial charge in [-0.15, -0.1) is 11.3 Å². The van der Waals surface area contributed by atoms with Crippen LogP contribution in [0, 0.1) is 5.92 Å². The van der Waals surface area contributed by atoms with E-state index in [9.17, 15) is 4.79 Å². The maximum absolute atomic E-state index is 12.6. The Morgan fingerprint density at radius 2 is 2.15 bits per heavy atom. The number of hydrogen-bond acceptors (Lipinski definition) is 3. The van der Waals surface area contributed by atoms with Crippen molar-refractivity contribution in [3.05, 3.63) is 19.2 Å². The number of nitrogens with zero attached hydrogens (tertiary/aromatic N) is 2. The van der Waals surface area contributed by atoms with Crippen molar-refractivity contribution >= 4 is 49.1 Å². The maximum Gasteiger partial charge on any atom is 0.264 e. The number of hydrogen-bond donors (Lipinski definition) is 0. The molecular formula is C14H18Br2N2OS. The molecule has 1 aromatic rings. The largest absolute Gasteiger partial charge is 0.338 e. The van der Waals surface area contributed by atoms with Gasteiger partial charge < -0.3 is 9.80 Å². The summed E-state index contributed by atoms with van der Waals surface area (Å²) < 4.78 is 1.96. The minimum atomic E-state index is 0.188. The smallest absolute Gasteiger partial charge is 0.264 e. The molecular weight excluding hydrogens is 404 g/mol. The lowest BCUT2D eigenvalue weighted by Crippen LogP contribution is -2.53. The molecule has 0 bridgehead atoms. The Balaban J connectivity index is 1.71. The fraction of sp³-hybridized carbons (Fsp3) is 0.643. The lowest BCUT2D eigenvalue weighted by Gasteiger charge is -2.45. The van der Waals surface area contributed by atoms with Crippen molar-refractivity contribution < 1.29 is 4.79 Å². The highest BCUT2D eigenvalue weighted by atomic mass is 79.9. The molecule has 20 heavy (non-hydrogen) atoms. The number of likely N-dealkylation sites (tertiary alicyclic amines) is 2.